The van der Waals surface area contributed by atoms with Crippen LogP contribution in [0.15, 0.2) is 54.6 Å². The summed E-state index contributed by atoms with van der Waals surface area (Å²) in [5.74, 6) is -6.54. The number of carbonyl (C=O) groups excluding carboxylic acids is 3. The molecule has 208 valence electrons. The highest BCUT2D eigenvalue weighted by atomic mass is 16.5. The van der Waals surface area contributed by atoms with Crippen LogP contribution in [-0.2, 0) is 9.47 Å². The molecule has 3 aromatic carbocycles. The zero-order chi connectivity index (χ0) is 29.0. The van der Waals surface area contributed by atoms with Crippen LogP contribution in [0.1, 0.15) is 59.8 Å². The maximum atomic E-state index is 13.0. The lowest BCUT2D eigenvalue weighted by Crippen LogP contribution is -2.47. The Labute approximate surface area is 227 Å². The molecule has 40 heavy (non-hydrogen) atoms. The number of hydrogen-bond acceptors (Lipinski definition) is 10. The van der Waals surface area contributed by atoms with E-state index >= 15 is 0 Å². The minimum absolute atomic E-state index is 0.0109. The summed E-state index contributed by atoms with van der Waals surface area (Å²) in [6.45, 7) is 0.404. The van der Waals surface area contributed by atoms with Gasteiger partial charge in [-0.1, -0.05) is 6.07 Å². The first-order valence-corrected chi connectivity index (χ1v) is 12.1. The minimum atomic E-state index is -1.52. The summed E-state index contributed by atoms with van der Waals surface area (Å²) in [6.07, 6.45) is -0.00697. The van der Waals surface area contributed by atoms with Gasteiger partial charge < -0.3 is 40.3 Å². The fourth-order valence-electron chi connectivity index (χ4n) is 4.30. The van der Waals surface area contributed by atoms with Gasteiger partial charge >= 0.3 is 11.9 Å². The summed E-state index contributed by atoms with van der Waals surface area (Å²) in [4.78, 5) is 50.2. The van der Waals surface area contributed by atoms with Crippen LogP contribution in [0.25, 0.3) is 0 Å². The predicted molar refractivity (Wildman–Crippen MR) is 137 cm³/mol. The first-order chi connectivity index (χ1) is 19.1. The number of hydrogen-bond donors (Lipinski definition) is 6. The Morgan fingerprint density at radius 3 is 2.17 bits per heavy atom. The van der Waals surface area contributed by atoms with Crippen molar-refractivity contribution in [2.24, 2.45) is 0 Å². The van der Waals surface area contributed by atoms with Crippen molar-refractivity contribution in [3.63, 3.8) is 0 Å². The van der Waals surface area contributed by atoms with Crippen LogP contribution in [0.5, 0.6) is 23.0 Å². The molecule has 1 aliphatic rings. The van der Waals surface area contributed by atoms with Crippen molar-refractivity contribution < 1.29 is 54.2 Å². The van der Waals surface area contributed by atoms with Crippen LogP contribution in [0.3, 0.4) is 0 Å². The number of esters is 1. The molecule has 1 amide bonds. The highest BCUT2D eigenvalue weighted by Crippen LogP contribution is 2.35. The van der Waals surface area contributed by atoms with Crippen molar-refractivity contribution in [1.29, 1.82) is 0 Å². The average molecular weight is 552 g/mol. The molecule has 4 rings (SSSR count). The Hall–Kier alpha value is -5.10. The van der Waals surface area contributed by atoms with Crippen LogP contribution in [-0.4, -0.2) is 74.5 Å². The lowest BCUT2D eigenvalue weighted by Gasteiger charge is -2.25. The van der Waals surface area contributed by atoms with E-state index in [1.165, 1.54) is 30.3 Å². The Morgan fingerprint density at radius 2 is 1.52 bits per heavy atom. The zero-order valence-corrected chi connectivity index (χ0v) is 20.9. The largest absolute Gasteiger partial charge is 0.508 e. The number of carboxylic acid groups (broad SMARTS) is 1. The summed E-state index contributed by atoms with van der Waals surface area (Å²) < 4.78 is 11.1. The van der Waals surface area contributed by atoms with Gasteiger partial charge in [0, 0.05) is 12.2 Å². The SMILES string of the molecule is O=C(N[C@H]1COCCC[C@@H]1OC(=O)c1cc(O)c(C(=O)c2c(O)cccc2C(=O)O)c(O)c1)c1ccc(O)cc1. The molecule has 0 bridgehead atoms. The zero-order valence-electron chi connectivity index (χ0n) is 20.9. The molecule has 0 unspecified atom stereocenters. The first kappa shape index (κ1) is 27.9. The van der Waals surface area contributed by atoms with Crippen molar-refractivity contribution in [3.05, 3.63) is 82.4 Å². The van der Waals surface area contributed by atoms with Gasteiger partial charge in [0.15, 0.2) is 0 Å². The molecular formula is C28H25NO11. The molecule has 1 aliphatic heterocycles. The normalized spacial score (nSPS) is 16.9. The van der Waals surface area contributed by atoms with Gasteiger partial charge in [0.25, 0.3) is 5.91 Å². The monoisotopic (exact) mass is 551 g/mol. The number of amides is 1. The molecule has 6 N–H and O–H groups in total. The van der Waals surface area contributed by atoms with Gasteiger partial charge in [-0.2, -0.15) is 0 Å². The number of rotatable bonds is 7. The molecule has 1 saturated heterocycles. The first-order valence-electron chi connectivity index (χ1n) is 12.1. The molecule has 12 nitrogen and oxygen atoms in total. The fraction of sp³-hybridized carbons (Fsp3) is 0.214. The third-order valence-electron chi connectivity index (χ3n) is 6.29. The maximum Gasteiger partial charge on any atom is 0.338 e. The number of benzene rings is 3. The van der Waals surface area contributed by atoms with E-state index in [1.54, 1.807) is 0 Å². The number of carboxylic acids is 1. The molecular weight excluding hydrogens is 526 g/mol. The third kappa shape index (κ3) is 5.97. The maximum absolute atomic E-state index is 13.0. The van der Waals surface area contributed by atoms with E-state index in [0.717, 1.165) is 24.3 Å². The second-order valence-electron chi connectivity index (χ2n) is 9.01. The summed E-state index contributed by atoms with van der Waals surface area (Å²) in [7, 11) is 0. The van der Waals surface area contributed by atoms with E-state index in [0.29, 0.717) is 19.4 Å². The van der Waals surface area contributed by atoms with Gasteiger partial charge in [0.2, 0.25) is 5.78 Å². The van der Waals surface area contributed by atoms with Crippen LogP contribution in [0, 0.1) is 0 Å². The Kier molecular flexibility index (Phi) is 8.20. The number of nitrogens with one attached hydrogen (secondary N) is 1. The second kappa shape index (κ2) is 11.7. The van der Waals surface area contributed by atoms with Crippen LogP contribution < -0.4 is 5.32 Å². The topological polar surface area (TPSA) is 200 Å². The Bertz CT molecular complexity index is 1440. The summed E-state index contributed by atoms with van der Waals surface area (Å²) in [5, 5.41) is 52.7. The van der Waals surface area contributed by atoms with Crippen molar-refractivity contribution in [1.82, 2.24) is 5.32 Å². The van der Waals surface area contributed by atoms with Gasteiger partial charge in [-0.3, -0.25) is 9.59 Å². The molecule has 12 heteroatoms. The fourth-order valence-corrected chi connectivity index (χ4v) is 4.30. The number of ether oxygens (including phenoxy) is 2. The van der Waals surface area contributed by atoms with Crippen molar-refractivity contribution in [2.45, 2.75) is 25.0 Å². The van der Waals surface area contributed by atoms with Crippen LogP contribution in [0.4, 0.5) is 0 Å². The average Bonchev–Trinajstić information content (AvgIpc) is 3.12. The predicted octanol–water partition coefficient (Wildman–Crippen LogP) is 2.57. The molecule has 0 saturated carbocycles. The molecule has 0 radical (unpaired) electrons. The lowest BCUT2D eigenvalue weighted by molar-refractivity contribution is 0.0134. The van der Waals surface area contributed by atoms with Gasteiger partial charge in [-0.15, -0.1) is 0 Å². The van der Waals surface area contributed by atoms with E-state index in [-0.39, 0.29) is 23.5 Å². The number of ketones is 1. The van der Waals surface area contributed by atoms with E-state index in [2.05, 4.69) is 5.32 Å². The second-order valence-corrected chi connectivity index (χ2v) is 9.01. The molecule has 0 aliphatic carbocycles. The van der Waals surface area contributed by atoms with Crippen molar-refractivity contribution in [3.8, 4) is 23.0 Å². The minimum Gasteiger partial charge on any atom is -0.508 e. The lowest BCUT2D eigenvalue weighted by atomic mass is 9.95. The molecule has 1 fully saturated rings. The summed E-state index contributed by atoms with van der Waals surface area (Å²) >= 11 is 0. The van der Waals surface area contributed by atoms with E-state index in [1.807, 2.05) is 0 Å². The smallest absolute Gasteiger partial charge is 0.338 e. The number of aromatic hydroxyl groups is 4. The van der Waals surface area contributed by atoms with Gasteiger partial charge in [-0.05, 0) is 61.4 Å². The molecule has 2 atom stereocenters. The standard InChI is InChI=1S/C28H25NO11/c30-16-8-6-14(7-9-16)26(35)29-18-13-39-10-2-5-22(18)40-28(38)15-11-20(32)24(21(33)12-15)25(34)23-17(27(36)37)3-1-4-19(23)31/h1,3-4,6-9,11-12,18,22,30-33H,2,5,10,13H2,(H,29,35)(H,36,37)/t18-,22-/m0/s1. The molecule has 3 aromatic rings. The van der Waals surface area contributed by atoms with Crippen LogP contribution in [0.2, 0.25) is 0 Å². The van der Waals surface area contributed by atoms with Crippen molar-refractivity contribution >= 4 is 23.6 Å². The highest BCUT2D eigenvalue weighted by Gasteiger charge is 2.32. The molecule has 0 aromatic heterocycles. The Balaban J connectivity index is 1.55. The third-order valence-corrected chi connectivity index (χ3v) is 6.29. The van der Waals surface area contributed by atoms with E-state index < -0.39 is 69.7 Å². The molecule has 1 heterocycles. The van der Waals surface area contributed by atoms with Gasteiger partial charge in [-0.25, -0.2) is 9.59 Å². The number of phenols is 4. The highest BCUT2D eigenvalue weighted by molar-refractivity contribution is 6.18. The van der Waals surface area contributed by atoms with Crippen molar-refractivity contribution in [2.75, 3.05) is 13.2 Å². The van der Waals surface area contributed by atoms with Gasteiger partial charge in [0.05, 0.1) is 29.3 Å². The van der Waals surface area contributed by atoms with E-state index in [4.69, 9.17) is 9.47 Å². The Morgan fingerprint density at radius 1 is 0.850 bits per heavy atom. The summed E-state index contributed by atoms with van der Waals surface area (Å²) in [5.41, 5.74) is -1.99. The molecule has 0 spiro atoms. The number of phenolic OH excluding ortho intramolecular Hbond substituents is 4. The summed E-state index contributed by atoms with van der Waals surface area (Å²) in [6, 6.07) is 9.91. The van der Waals surface area contributed by atoms with Gasteiger partial charge in [0.1, 0.15) is 34.7 Å². The van der Waals surface area contributed by atoms with Crippen LogP contribution >= 0.6 is 0 Å². The number of aromatic carboxylic acids is 1. The van der Waals surface area contributed by atoms with E-state index in [9.17, 15) is 44.7 Å². The number of carbonyl (C=O) groups is 4. The quantitative estimate of drug-likeness (QED) is 0.186.